The third kappa shape index (κ3) is 2.02. The maximum atomic E-state index is 13.6. The smallest absolute Gasteiger partial charge is 0.325 e. The third-order valence-electron chi connectivity index (χ3n) is 6.47. The summed E-state index contributed by atoms with van der Waals surface area (Å²) >= 11 is 5.73. The zero-order chi connectivity index (χ0) is 18.7. The van der Waals surface area contributed by atoms with Crippen LogP contribution in [0.2, 0.25) is 0 Å². The van der Waals surface area contributed by atoms with Gasteiger partial charge in [0.05, 0.1) is 5.88 Å². The van der Waals surface area contributed by atoms with Crippen molar-refractivity contribution in [3.63, 3.8) is 0 Å². The number of aromatic nitrogens is 1. The molecule has 138 valence electrons. The molecule has 5 heteroatoms. The average Bonchev–Trinajstić information content (AvgIpc) is 2.93. The number of rotatable bonds is 3. The number of para-hydroxylation sites is 1. The number of nitrogens with zero attached hydrogens (tertiary/aromatic N) is 1. The largest absolute Gasteiger partial charge is 0.463 e. The number of carbonyl (C=O) groups excluding carboxylic acids is 2. The van der Waals surface area contributed by atoms with E-state index in [-0.39, 0.29) is 29.6 Å². The zero-order valence-corrected chi connectivity index (χ0v) is 16.2. The minimum atomic E-state index is -1.20. The Hall–Kier alpha value is -1.81. The summed E-state index contributed by atoms with van der Waals surface area (Å²) in [5.41, 5.74) is 1.49. The van der Waals surface area contributed by atoms with Crippen LogP contribution in [0.25, 0.3) is 10.9 Å². The van der Waals surface area contributed by atoms with Gasteiger partial charge in [-0.05, 0) is 24.5 Å². The first-order valence-corrected chi connectivity index (χ1v) is 9.76. The van der Waals surface area contributed by atoms with Crippen molar-refractivity contribution < 1.29 is 14.3 Å². The highest BCUT2D eigenvalue weighted by Gasteiger charge is 2.63. The number of carbonyl (C=O) groups is 2. The molecule has 2 bridgehead atoms. The number of hydrogen-bond donors (Lipinski definition) is 0. The fourth-order valence-corrected chi connectivity index (χ4v) is 5.40. The Morgan fingerprint density at radius 3 is 2.81 bits per heavy atom. The molecule has 1 aromatic heterocycles. The van der Waals surface area contributed by atoms with E-state index in [1.807, 2.05) is 23.7 Å². The molecule has 1 fully saturated rings. The molecule has 1 heterocycles. The summed E-state index contributed by atoms with van der Waals surface area (Å²) in [6, 6.07) is 8.16. The van der Waals surface area contributed by atoms with Gasteiger partial charge in [0, 0.05) is 35.0 Å². The van der Waals surface area contributed by atoms with Gasteiger partial charge < -0.3 is 9.30 Å². The van der Waals surface area contributed by atoms with Crippen LogP contribution in [-0.4, -0.2) is 28.8 Å². The number of hydrogen-bond acceptors (Lipinski definition) is 3. The van der Waals surface area contributed by atoms with Crippen molar-refractivity contribution in [1.82, 2.24) is 4.57 Å². The molecule has 2 atom stereocenters. The molecule has 0 radical (unpaired) electrons. The van der Waals surface area contributed by atoms with Gasteiger partial charge in [-0.15, -0.1) is 11.6 Å². The molecular formula is C21H24ClNO3. The SMILES string of the molecule is Cn1c2c(c3ccccc31)C(C)(C)[C@@H]1CCC[C@@]2(C(=O)OCCCl)C1=O. The average molecular weight is 374 g/mol. The van der Waals surface area contributed by atoms with Crippen molar-refractivity contribution in [2.75, 3.05) is 12.5 Å². The Kier molecular flexibility index (Phi) is 3.96. The number of alkyl halides is 1. The van der Waals surface area contributed by atoms with Crippen LogP contribution in [0.15, 0.2) is 24.3 Å². The predicted molar refractivity (Wildman–Crippen MR) is 102 cm³/mol. The molecule has 0 saturated heterocycles. The molecule has 0 N–H and O–H groups in total. The highest BCUT2D eigenvalue weighted by Crippen LogP contribution is 2.56. The predicted octanol–water partition coefficient (Wildman–Crippen LogP) is 3.86. The summed E-state index contributed by atoms with van der Waals surface area (Å²) in [4.78, 5) is 26.8. The van der Waals surface area contributed by atoms with Crippen molar-refractivity contribution in [2.24, 2.45) is 13.0 Å². The van der Waals surface area contributed by atoms with Gasteiger partial charge in [0.1, 0.15) is 6.61 Å². The minimum absolute atomic E-state index is 0.0201. The number of aryl methyl sites for hydroxylation is 1. The van der Waals surface area contributed by atoms with Crippen LogP contribution in [0.1, 0.15) is 44.4 Å². The molecule has 4 rings (SSSR count). The van der Waals surface area contributed by atoms with Crippen LogP contribution < -0.4 is 0 Å². The summed E-state index contributed by atoms with van der Waals surface area (Å²) in [7, 11) is 1.95. The van der Waals surface area contributed by atoms with E-state index in [0.717, 1.165) is 35.0 Å². The molecule has 4 nitrogen and oxygen atoms in total. The second-order valence-corrected chi connectivity index (χ2v) is 8.44. The fraction of sp³-hybridized carbons (Fsp3) is 0.524. The van der Waals surface area contributed by atoms with Gasteiger partial charge in [-0.3, -0.25) is 9.59 Å². The Morgan fingerprint density at radius 1 is 1.35 bits per heavy atom. The molecule has 0 aliphatic heterocycles. The lowest BCUT2D eigenvalue weighted by Crippen LogP contribution is -2.59. The summed E-state index contributed by atoms with van der Waals surface area (Å²) < 4.78 is 7.48. The van der Waals surface area contributed by atoms with Gasteiger partial charge in [-0.25, -0.2) is 0 Å². The van der Waals surface area contributed by atoms with Gasteiger partial charge in [0.2, 0.25) is 0 Å². The van der Waals surface area contributed by atoms with Crippen LogP contribution in [0.4, 0.5) is 0 Å². The number of esters is 1. The van der Waals surface area contributed by atoms with Crippen LogP contribution in [0.3, 0.4) is 0 Å². The molecule has 2 aliphatic carbocycles. The monoisotopic (exact) mass is 373 g/mol. The van der Waals surface area contributed by atoms with E-state index < -0.39 is 11.4 Å². The molecule has 1 aromatic carbocycles. The first-order chi connectivity index (χ1) is 12.4. The number of fused-ring (bicyclic) bond motifs is 6. The minimum Gasteiger partial charge on any atom is -0.463 e. The maximum absolute atomic E-state index is 13.6. The molecular weight excluding hydrogens is 350 g/mol. The van der Waals surface area contributed by atoms with Crippen LogP contribution in [0, 0.1) is 5.92 Å². The van der Waals surface area contributed by atoms with Crippen LogP contribution >= 0.6 is 11.6 Å². The quantitative estimate of drug-likeness (QED) is 0.466. The summed E-state index contributed by atoms with van der Waals surface area (Å²) in [5.74, 6) is -0.354. The van der Waals surface area contributed by atoms with E-state index >= 15 is 0 Å². The molecule has 1 saturated carbocycles. The first kappa shape index (κ1) is 17.6. The lowest BCUT2D eigenvalue weighted by Gasteiger charge is -2.49. The van der Waals surface area contributed by atoms with E-state index in [1.54, 1.807) is 0 Å². The van der Waals surface area contributed by atoms with Gasteiger partial charge in [0.15, 0.2) is 11.2 Å². The number of halogens is 1. The van der Waals surface area contributed by atoms with E-state index in [9.17, 15) is 9.59 Å². The summed E-state index contributed by atoms with van der Waals surface area (Å²) in [6.07, 6.45) is 2.17. The highest BCUT2D eigenvalue weighted by molar-refractivity contribution is 6.18. The second kappa shape index (κ2) is 5.85. The van der Waals surface area contributed by atoms with Gasteiger partial charge in [0.25, 0.3) is 0 Å². The lowest BCUT2D eigenvalue weighted by molar-refractivity contribution is -0.159. The number of benzene rings is 1. The van der Waals surface area contributed by atoms with Crippen molar-refractivity contribution in [1.29, 1.82) is 0 Å². The van der Waals surface area contributed by atoms with Gasteiger partial charge in [-0.2, -0.15) is 0 Å². The maximum Gasteiger partial charge on any atom is 0.325 e. The lowest BCUT2D eigenvalue weighted by atomic mass is 9.52. The standard InChI is InChI=1S/C21H24ClNO3/c1-20(2)14-8-6-10-21(18(14)24,19(25)26-12-11-22)17-16(20)13-7-4-5-9-15(13)23(17)3/h4-5,7,9,14H,6,8,10-12H2,1-3H3/t14-,21+/m1/s1. The molecule has 26 heavy (non-hydrogen) atoms. The topological polar surface area (TPSA) is 48.3 Å². The van der Waals surface area contributed by atoms with Crippen molar-refractivity contribution >= 4 is 34.3 Å². The van der Waals surface area contributed by atoms with Crippen LogP contribution in [-0.2, 0) is 32.2 Å². The summed E-state index contributed by atoms with van der Waals surface area (Å²) in [6.45, 7) is 4.41. The van der Waals surface area contributed by atoms with Gasteiger partial charge in [-0.1, -0.05) is 38.5 Å². The van der Waals surface area contributed by atoms with E-state index in [0.29, 0.717) is 6.42 Å². The van der Waals surface area contributed by atoms with Gasteiger partial charge >= 0.3 is 5.97 Å². The molecule has 0 unspecified atom stereocenters. The Labute approximate surface area is 158 Å². The third-order valence-corrected chi connectivity index (χ3v) is 6.62. The van der Waals surface area contributed by atoms with Crippen molar-refractivity contribution in [2.45, 2.75) is 43.9 Å². The molecule has 0 amide bonds. The summed E-state index contributed by atoms with van der Waals surface area (Å²) in [5, 5.41) is 1.13. The van der Waals surface area contributed by atoms with Crippen molar-refractivity contribution in [3.05, 3.63) is 35.5 Å². The normalized spacial score (nSPS) is 26.6. The van der Waals surface area contributed by atoms with E-state index in [1.165, 1.54) is 0 Å². The fourth-order valence-electron chi connectivity index (χ4n) is 5.32. The van der Waals surface area contributed by atoms with E-state index in [2.05, 4.69) is 26.0 Å². The number of Topliss-reactive ketones (excluding diaryl/α,β-unsaturated/α-hetero) is 1. The van der Waals surface area contributed by atoms with Crippen LogP contribution in [0.5, 0.6) is 0 Å². The van der Waals surface area contributed by atoms with E-state index in [4.69, 9.17) is 16.3 Å². The number of ether oxygens (including phenoxy) is 1. The molecule has 2 aromatic rings. The molecule has 2 aliphatic rings. The highest BCUT2D eigenvalue weighted by atomic mass is 35.5. The zero-order valence-electron chi connectivity index (χ0n) is 15.5. The number of ketones is 1. The second-order valence-electron chi connectivity index (χ2n) is 8.06. The van der Waals surface area contributed by atoms with Crippen molar-refractivity contribution in [3.8, 4) is 0 Å². The first-order valence-electron chi connectivity index (χ1n) is 9.23. The Morgan fingerprint density at radius 2 is 2.08 bits per heavy atom. The Bertz CT molecular complexity index is 913. The Balaban J connectivity index is 2.08. The molecule has 0 spiro atoms.